The van der Waals surface area contributed by atoms with E-state index in [2.05, 4.69) is 38.1 Å². The van der Waals surface area contributed by atoms with Gasteiger partial charge in [0.15, 0.2) is 0 Å². The zero-order valence-corrected chi connectivity index (χ0v) is 33.8. The Morgan fingerprint density at radius 1 is 0.283 bits per heavy atom. The molecule has 0 atom stereocenters. The Morgan fingerprint density at radius 3 is 0.925 bits per heavy atom. The second-order valence-electron chi connectivity index (χ2n) is 12.9. The third-order valence-electron chi connectivity index (χ3n) is 8.23. The Labute approximate surface area is 323 Å². The normalized spacial score (nSPS) is 11.5. The second-order valence-corrected chi connectivity index (χ2v) is 12.9. The minimum absolute atomic E-state index is 0.520. The van der Waals surface area contributed by atoms with Crippen molar-refractivity contribution in [3.63, 3.8) is 0 Å². The van der Waals surface area contributed by atoms with E-state index >= 15 is 0 Å². The van der Waals surface area contributed by atoms with Gasteiger partial charge in [0.05, 0.1) is 126 Å². The molecule has 0 aliphatic rings. The summed E-state index contributed by atoms with van der Waals surface area (Å²) >= 11 is 0. The van der Waals surface area contributed by atoms with E-state index in [1.54, 1.807) is 0 Å². The van der Waals surface area contributed by atoms with E-state index in [0.717, 1.165) is 25.2 Å². The van der Waals surface area contributed by atoms with E-state index in [0.29, 0.717) is 132 Å². The van der Waals surface area contributed by atoms with Crippen LogP contribution in [0.5, 0.6) is 5.75 Å². The number of aryl methyl sites for hydroxylation is 1. The molecule has 1 aromatic carbocycles. The molecule has 0 aliphatic heterocycles. The molecular weight excluding hydrogens is 680 g/mol. The molecule has 0 saturated carbocycles. The van der Waals surface area contributed by atoms with Crippen LogP contribution in [0, 0.1) is 0 Å². The van der Waals surface area contributed by atoms with Crippen LogP contribution in [0.2, 0.25) is 0 Å². The van der Waals surface area contributed by atoms with Crippen molar-refractivity contribution in [3.8, 4) is 5.75 Å². The van der Waals surface area contributed by atoms with Gasteiger partial charge >= 0.3 is 0 Å². The van der Waals surface area contributed by atoms with Gasteiger partial charge in [-0.2, -0.15) is 0 Å². The molecule has 0 saturated heterocycles. The molecule has 1 rings (SSSR count). The zero-order valence-electron chi connectivity index (χ0n) is 33.8. The summed E-state index contributed by atoms with van der Waals surface area (Å²) in [7, 11) is 0. The zero-order chi connectivity index (χ0) is 37.8. The van der Waals surface area contributed by atoms with Crippen molar-refractivity contribution in [1.29, 1.82) is 0 Å². The SMILES string of the molecule is CCCCCCCCOCCOCCOCCOCCOCCOCCOCCOCCOCCOCCOc1ccc(CCCCCCCC)cc1. The number of ether oxygens (including phenoxy) is 11. The number of hydrogen-bond donors (Lipinski definition) is 0. The van der Waals surface area contributed by atoms with E-state index in [9.17, 15) is 0 Å². The summed E-state index contributed by atoms with van der Waals surface area (Å²) in [5.41, 5.74) is 1.38. The minimum atomic E-state index is 0.520. The van der Waals surface area contributed by atoms with Gasteiger partial charge in [-0.25, -0.2) is 0 Å². The van der Waals surface area contributed by atoms with Gasteiger partial charge in [0.1, 0.15) is 12.4 Å². The summed E-state index contributed by atoms with van der Waals surface area (Å²) in [6.45, 7) is 16.2. The molecule has 0 bridgehead atoms. The van der Waals surface area contributed by atoms with E-state index in [-0.39, 0.29) is 0 Å². The molecule has 1 aromatic rings. The molecule has 0 heterocycles. The molecule has 0 aliphatic carbocycles. The Bertz CT molecular complexity index is 815. The largest absolute Gasteiger partial charge is 0.491 e. The summed E-state index contributed by atoms with van der Waals surface area (Å²) in [6.07, 6.45) is 16.8. The minimum Gasteiger partial charge on any atom is -0.491 e. The highest BCUT2D eigenvalue weighted by Gasteiger charge is 1.99. The van der Waals surface area contributed by atoms with Crippen LogP contribution in [0.4, 0.5) is 0 Å². The van der Waals surface area contributed by atoms with Crippen LogP contribution in [-0.4, -0.2) is 139 Å². The average Bonchev–Trinajstić information content (AvgIpc) is 3.18. The highest BCUT2D eigenvalue weighted by molar-refractivity contribution is 5.27. The number of unbranched alkanes of at least 4 members (excludes halogenated alkanes) is 10. The summed E-state index contributed by atoms with van der Waals surface area (Å²) in [5, 5.41) is 0. The van der Waals surface area contributed by atoms with Crippen molar-refractivity contribution in [2.45, 2.75) is 97.3 Å². The lowest BCUT2D eigenvalue weighted by Crippen LogP contribution is -2.15. The smallest absolute Gasteiger partial charge is 0.119 e. The van der Waals surface area contributed by atoms with Gasteiger partial charge in [-0.15, -0.1) is 0 Å². The van der Waals surface area contributed by atoms with Crippen LogP contribution in [-0.2, 0) is 53.8 Å². The highest BCUT2D eigenvalue weighted by Crippen LogP contribution is 2.15. The number of benzene rings is 1. The molecule has 312 valence electrons. The maximum absolute atomic E-state index is 5.78. The molecule has 0 N–H and O–H groups in total. The maximum Gasteiger partial charge on any atom is 0.119 e. The lowest BCUT2D eigenvalue weighted by molar-refractivity contribution is -0.0267. The first-order valence-electron chi connectivity index (χ1n) is 20.9. The Balaban J connectivity index is 1.67. The molecule has 0 amide bonds. The average molecular weight is 759 g/mol. The van der Waals surface area contributed by atoms with Crippen LogP contribution in [0.25, 0.3) is 0 Å². The van der Waals surface area contributed by atoms with E-state index in [1.165, 1.54) is 76.2 Å². The van der Waals surface area contributed by atoms with Gasteiger partial charge in [-0.05, 0) is 37.0 Å². The van der Waals surface area contributed by atoms with Crippen molar-refractivity contribution in [1.82, 2.24) is 0 Å². The third-order valence-corrected chi connectivity index (χ3v) is 8.23. The molecular formula is C42H78O11. The standard InChI is InChI=1S/C42H78O11/c1-3-5-7-9-11-13-15-41-16-18-42(19-17-41)53-40-39-52-38-37-51-36-35-50-34-33-49-32-31-48-30-29-47-28-27-46-26-25-45-24-23-44-22-21-43-20-14-12-10-8-6-4-2/h16-19H,3-15,20-40H2,1-2H3. The lowest BCUT2D eigenvalue weighted by Gasteiger charge is -2.09. The first-order valence-corrected chi connectivity index (χ1v) is 20.9. The Hall–Kier alpha value is -1.38. The second kappa shape index (κ2) is 43.3. The predicted molar refractivity (Wildman–Crippen MR) is 211 cm³/mol. The molecule has 53 heavy (non-hydrogen) atoms. The van der Waals surface area contributed by atoms with Crippen molar-refractivity contribution >= 4 is 0 Å². The van der Waals surface area contributed by atoms with Gasteiger partial charge in [-0.1, -0.05) is 90.2 Å². The van der Waals surface area contributed by atoms with E-state index in [1.807, 2.05) is 0 Å². The van der Waals surface area contributed by atoms with Gasteiger partial charge in [0, 0.05) is 6.61 Å². The first kappa shape index (κ1) is 49.6. The van der Waals surface area contributed by atoms with Gasteiger partial charge in [-0.3, -0.25) is 0 Å². The van der Waals surface area contributed by atoms with Crippen molar-refractivity contribution in [2.75, 3.05) is 139 Å². The third kappa shape index (κ3) is 38.7. The fourth-order valence-electron chi connectivity index (χ4n) is 5.15. The quantitative estimate of drug-likeness (QED) is 0.0619. The highest BCUT2D eigenvalue weighted by atomic mass is 16.6. The van der Waals surface area contributed by atoms with Crippen LogP contribution >= 0.6 is 0 Å². The maximum atomic E-state index is 5.78. The Kier molecular flexibility index (Phi) is 40.6. The lowest BCUT2D eigenvalue weighted by atomic mass is 10.0. The van der Waals surface area contributed by atoms with Gasteiger partial charge in [0.2, 0.25) is 0 Å². The fourth-order valence-corrected chi connectivity index (χ4v) is 5.15. The van der Waals surface area contributed by atoms with Gasteiger partial charge in [0.25, 0.3) is 0 Å². The number of rotatable bonds is 45. The molecule has 0 aromatic heterocycles. The first-order chi connectivity index (χ1) is 26.4. The molecule has 0 spiro atoms. The molecule has 11 heteroatoms. The van der Waals surface area contributed by atoms with E-state index in [4.69, 9.17) is 52.1 Å². The van der Waals surface area contributed by atoms with Crippen LogP contribution in [0.15, 0.2) is 24.3 Å². The summed E-state index contributed by atoms with van der Waals surface area (Å²) < 4.78 is 61.2. The summed E-state index contributed by atoms with van der Waals surface area (Å²) in [6, 6.07) is 8.45. The topological polar surface area (TPSA) is 102 Å². The molecule has 0 radical (unpaired) electrons. The van der Waals surface area contributed by atoms with Crippen LogP contribution < -0.4 is 4.74 Å². The molecule has 0 unspecified atom stereocenters. The van der Waals surface area contributed by atoms with Crippen LogP contribution in [0.3, 0.4) is 0 Å². The molecule has 0 fully saturated rings. The summed E-state index contributed by atoms with van der Waals surface area (Å²) in [4.78, 5) is 0. The van der Waals surface area contributed by atoms with Crippen molar-refractivity contribution < 1.29 is 52.1 Å². The Morgan fingerprint density at radius 2 is 0.566 bits per heavy atom. The van der Waals surface area contributed by atoms with Gasteiger partial charge < -0.3 is 52.1 Å². The van der Waals surface area contributed by atoms with Crippen LogP contribution in [0.1, 0.15) is 96.5 Å². The number of hydrogen-bond acceptors (Lipinski definition) is 11. The monoisotopic (exact) mass is 759 g/mol. The van der Waals surface area contributed by atoms with Crippen molar-refractivity contribution in [2.24, 2.45) is 0 Å². The summed E-state index contributed by atoms with van der Waals surface area (Å²) in [5.74, 6) is 0.888. The van der Waals surface area contributed by atoms with Crippen molar-refractivity contribution in [3.05, 3.63) is 29.8 Å². The predicted octanol–water partition coefficient (Wildman–Crippen LogP) is 7.49. The fraction of sp³-hybridized carbons (Fsp3) is 0.857. The molecule has 11 nitrogen and oxygen atoms in total. The van der Waals surface area contributed by atoms with E-state index < -0.39 is 0 Å².